The third-order valence-corrected chi connectivity index (χ3v) is 7.91. The van der Waals surface area contributed by atoms with E-state index >= 15 is 0 Å². The zero-order valence-corrected chi connectivity index (χ0v) is 23.8. The molecule has 0 spiro atoms. The number of likely N-dealkylation sites (tertiary alicyclic amines) is 1. The normalized spacial score (nSPS) is 22.1. The molecule has 1 aliphatic carbocycles. The molecule has 9 nitrogen and oxygen atoms in total. The maximum absolute atomic E-state index is 11.0. The summed E-state index contributed by atoms with van der Waals surface area (Å²) in [5.74, 6) is 1.79. The van der Waals surface area contributed by atoms with Crippen molar-refractivity contribution in [3.8, 4) is 17.2 Å². The molecule has 0 radical (unpaired) electrons. The van der Waals surface area contributed by atoms with E-state index in [9.17, 15) is 9.90 Å². The molecule has 2 aromatic carbocycles. The monoisotopic (exact) mass is 555 g/mol. The lowest BCUT2D eigenvalue weighted by atomic mass is 9.91. The highest BCUT2D eigenvalue weighted by atomic mass is 16.5. The minimum absolute atomic E-state index is 0.206. The van der Waals surface area contributed by atoms with E-state index in [0.717, 1.165) is 49.4 Å². The number of carbonyl (C=O) groups is 1. The van der Waals surface area contributed by atoms with Crippen LogP contribution in [0.4, 0.5) is 0 Å². The first-order valence-corrected chi connectivity index (χ1v) is 14.4. The Morgan fingerprint density at radius 2 is 1.80 bits per heavy atom. The lowest BCUT2D eigenvalue weighted by molar-refractivity contribution is -0.117. The fourth-order valence-electron chi connectivity index (χ4n) is 5.77. The standard InChI is InChI=1S/C31H45N3O6/c1-37-29-12-9-23(17-30(29)38-2)14-16-39-28-6-4-3-5-27(28)34-15-13-24(20-34)33-19-25(35)21-40-26-10-7-22(8-11-26)18-31(32)36/h7-12,17,24-25,27-28,33,35H,3-6,13-16,18-21H2,1-2H3,(H2,32,36)/t24-,25?,27-,28-/m1/s1. The van der Waals surface area contributed by atoms with Crippen LogP contribution in [-0.4, -0.2) is 87.3 Å². The van der Waals surface area contributed by atoms with E-state index in [0.29, 0.717) is 31.0 Å². The molecule has 4 atom stereocenters. The first kappa shape index (κ1) is 30.1. The summed E-state index contributed by atoms with van der Waals surface area (Å²) in [7, 11) is 3.31. The lowest BCUT2D eigenvalue weighted by Crippen LogP contribution is -2.47. The largest absolute Gasteiger partial charge is 0.493 e. The van der Waals surface area contributed by atoms with Gasteiger partial charge in [0.15, 0.2) is 11.5 Å². The molecule has 1 saturated carbocycles. The van der Waals surface area contributed by atoms with Crippen LogP contribution in [-0.2, 0) is 22.4 Å². The van der Waals surface area contributed by atoms with Gasteiger partial charge in [0.1, 0.15) is 18.5 Å². The molecule has 220 valence electrons. The average molecular weight is 556 g/mol. The summed E-state index contributed by atoms with van der Waals surface area (Å²) < 4.78 is 23.0. The lowest BCUT2D eigenvalue weighted by Gasteiger charge is -2.38. The van der Waals surface area contributed by atoms with Gasteiger partial charge >= 0.3 is 0 Å². The summed E-state index contributed by atoms with van der Waals surface area (Å²) in [4.78, 5) is 13.6. The fraction of sp³-hybridized carbons (Fsp3) is 0.581. The van der Waals surface area contributed by atoms with Crippen molar-refractivity contribution in [1.82, 2.24) is 10.2 Å². The summed E-state index contributed by atoms with van der Waals surface area (Å²) >= 11 is 0. The van der Waals surface area contributed by atoms with Gasteiger partial charge in [-0.2, -0.15) is 0 Å². The second-order valence-corrected chi connectivity index (χ2v) is 10.8. The zero-order chi connectivity index (χ0) is 28.3. The van der Waals surface area contributed by atoms with Crippen molar-refractivity contribution in [1.29, 1.82) is 0 Å². The molecule has 4 N–H and O–H groups in total. The number of nitrogens with zero attached hydrogens (tertiary/aromatic N) is 1. The smallest absolute Gasteiger partial charge is 0.221 e. The van der Waals surface area contributed by atoms with Gasteiger partial charge in [-0.05, 0) is 61.1 Å². The van der Waals surface area contributed by atoms with Gasteiger partial charge in [0.25, 0.3) is 0 Å². The number of rotatable bonds is 15. The molecule has 0 bridgehead atoms. The van der Waals surface area contributed by atoms with Gasteiger partial charge in [-0.3, -0.25) is 9.69 Å². The van der Waals surface area contributed by atoms with E-state index in [4.69, 9.17) is 24.7 Å². The molecule has 2 aliphatic rings. The Kier molecular flexibility index (Phi) is 11.5. The van der Waals surface area contributed by atoms with Gasteiger partial charge < -0.3 is 35.1 Å². The molecule has 1 amide bonds. The van der Waals surface area contributed by atoms with Gasteiger partial charge in [-0.25, -0.2) is 0 Å². The van der Waals surface area contributed by atoms with Crippen LogP contribution in [0.5, 0.6) is 17.2 Å². The van der Waals surface area contributed by atoms with Crippen molar-refractivity contribution >= 4 is 5.91 Å². The summed E-state index contributed by atoms with van der Waals surface area (Å²) in [5.41, 5.74) is 7.26. The van der Waals surface area contributed by atoms with Gasteiger partial charge in [-0.1, -0.05) is 31.0 Å². The van der Waals surface area contributed by atoms with Gasteiger partial charge in [0.2, 0.25) is 5.91 Å². The second kappa shape index (κ2) is 15.2. The Balaban J connectivity index is 1.17. The molecule has 4 rings (SSSR count). The fourth-order valence-corrected chi connectivity index (χ4v) is 5.77. The van der Waals surface area contributed by atoms with Crippen molar-refractivity contribution in [2.45, 2.75) is 69.2 Å². The number of primary amides is 1. The number of amides is 1. The number of ether oxygens (including phenoxy) is 4. The molecule has 40 heavy (non-hydrogen) atoms. The van der Waals surface area contributed by atoms with E-state index < -0.39 is 6.10 Å². The molecular weight excluding hydrogens is 510 g/mol. The number of methoxy groups -OCH3 is 2. The number of benzene rings is 2. The summed E-state index contributed by atoms with van der Waals surface area (Å²) in [6, 6.07) is 14.1. The van der Waals surface area contributed by atoms with Gasteiger partial charge in [0, 0.05) is 31.7 Å². The highest BCUT2D eigenvalue weighted by Crippen LogP contribution is 2.30. The van der Waals surface area contributed by atoms with E-state index in [1.165, 1.54) is 24.8 Å². The van der Waals surface area contributed by atoms with E-state index in [1.807, 2.05) is 24.3 Å². The third-order valence-electron chi connectivity index (χ3n) is 7.91. The Hall–Kier alpha value is -2.85. The summed E-state index contributed by atoms with van der Waals surface area (Å²) in [5, 5.41) is 14.0. The SMILES string of the molecule is COc1ccc(CCO[C@@H]2CCCC[C@H]2N2CC[C@@H](NCC(O)COc3ccc(CC(N)=O)cc3)C2)cc1OC. The van der Waals surface area contributed by atoms with Crippen LogP contribution in [0.25, 0.3) is 0 Å². The maximum atomic E-state index is 11.0. The van der Waals surface area contributed by atoms with Gasteiger partial charge in [-0.15, -0.1) is 0 Å². The number of hydrogen-bond donors (Lipinski definition) is 3. The molecule has 1 unspecified atom stereocenters. The van der Waals surface area contributed by atoms with Crippen molar-refractivity contribution in [2.75, 3.05) is 47.1 Å². The van der Waals surface area contributed by atoms with Crippen LogP contribution in [0, 0.1) is 0 Å². The van der Waals surface area contributed by atoms with Crippen LogP contribution in [0.1, 0.15) is 43.2 Å². The molecular formula is C31H45N3O6. The minimum Gasteiger partial charge on any atom is -0.493 e. The topological polar surface area (TPSA) is 116 Å². The zero-order valence-electron chi connectivity index (χ0n) is 23.8. The molecule has 1 saturated heterocycles. The third kappa shape index (κ3) is 8.83. The predicted molar refractivity (Wildman–Crippen MR) is 154 cm³/mol. The number of nitrogens with two attached hydrogens (primary N) is 1. The van der Waals surface area contributed by atoms with Crippen LogP contribution in [0.3, 0.4) is 0 Å². The highest BCUT2D eigenvalue weighted by Gasteiger charge is 2.35. The van der Waals surface area contributed by atoms with Crippen LogP contribution in [0.2, 0.25) is 0 Å². The number of nitrogens with one attached hydrogen (secondary N) is 1. The molecule has 2 aromatic rings. The molecule has 9 heteroatoms. The van der Waals surface area contributed by atoms with Crippen LogP contribution in [0.15, 0.2) is 42.5 Å². The van der Waals surface area contributed by atoms with Crippen molar-refractivity contribution in [3.63, 3.8) is 0 Å². The molecule has 2 fully saturated rings. The number of aliphatic hydroxyl groups excluding tert-OH is 1. The van der Waals surface area contributed by atoms with Crippen molar-refractivity contribution < 1.29 is 28.8 Å². The summed E-state index contributed by atoms with van der Waals surface area (Å²) in [6.07, 6.45) is 6.48. The number of carbonyl (C=O) groups excluding carboxylic acids is 1. The Bertz CT molecular complexity index is 1070. The highest BCUT2D eigenvalue weighted by molar-refractivity contribution is 5.76. The van der Waals surface area contributed by atoms with Crippen molar-refractivity contribution in [3.05, 3.63) is 53.6 Å². The second-order valence-electron chi connectivity index (χ2n) is 10.8. The molecule has 0 aromatic heterocycles. The van der Waals surface area contributed by atoms with Crippen LogP contribution >= 0.6 is 0 Å². The average Bonchev–Trinajstić information content (AvgIpc) is 3.44. The number of hydrogen-bond acceptors (Lipinski definition) is 8. The Labute approximate surface area is 237 Å². The first-order chi connectivity index (χ1) is 19.4. The molecule has 1 heterocycles. The number of aliphatic hydroxyl groups is 1. The Morgan fingerprint density at radius 3 is 2.55 bits per heavy atom. The van der Waals surface area contributed by atoms with E-state index in [-0.39, 0.29) is 25.0 Å². The van der Waals surface area contributed by atoms with Crippen LogP contribution < -0.4 is 25.3 Å². The minimum atomic E-state index is -0.610. The van der Waals surface area contributed by atoms with Crippen molar-refractivity contribution in [2.24, 2.45) is 5.73 Å². The van der Waals surface area contributed by atoms with E-state index in [2.05, 4.69) is 16.3 Å². The Morgan fingerprint density at radius 1 is 1.05 bits per heavy atom. The quantitative estimate of drug-likeness (QED) is 0.307. The first-order valence-electron chi connectivity index (χ1n) is 14.4. The van der Waals surface area contributed by atoms with Gasteiger partial charge in [0.05, 0.1) is 33.4 Å². The maximum Gasteiger partial charge on any atom is 0.221 e. The van der Waals surface area contributed by atoms with E-state index in [1.54, 1.807) is 26.4 Å². The predicted octanol–water partition coefficient (Wildman–Crippen LogP) is 2.71. The summed E-state index contributed by atoms with van der Waals surface area (Å²) in [6.45, 7) is 3.38. The molecule has 1 aliphatic heterocycles.